The summed E-state index contributed by atoms with van der Waals surface area (Å²) in [7, 11) is 5.07. The molecular formula is C23H29N5O2. The van der Waals surface area contributed by atoms with Gasteiger partial charge in [0, 0.05) is 32.5 Å². The maximum atomic E-state index is 5.37. The Morgan fingerprint density at radius 2 is 1.80 bits per heavy atom. The van der Waals surface area contributed by atoms with Gasteiger partial charge in [-0.15, -0.1) is 0 Å². The second kappa shape index (κ2) is 10.9. The van der Waals surface area contributed by atoms with E-state index >= 15 is 0 Å². The van der Waals surface area contributed by atoms with E-state index in [-0.39, 0.29) is 0 Å². The first-order chi connectivity index (χ1) is 14.7. The van der Waals surface area contributed by atoms with E-state index in [0.717, 1.165) is 37.0 Å². The highest BCUT2D eigenvalue weighted by atomic mass is 16.5. The summed E-state index contributed by atoms with van der Waals surface area (Å²) in [5, 5.41) is 11.0. The van der Waals surface area contributed by atoms with Crippen LogP contribution in [0.4, 0.5) is 0 Å². The number of nitrogens with zero attached hydrogens (tertiary/aromatic N) is 3. The van der Waals surface area contributed by atoms with Gasteiger partial charge in [0.2, 0.25) is 0 Å². The highest BCUT2D eigenvalue weighted by molar-refractivity contribution is 5.79. The Balaban J connectivity index is 1.48. The van der Waals surface area contributed by atoms with Crippen molar-refractivity contribution in [2.24, 2.45) is 4.99 Å². The van der Waals surface area contributed by atoms with Gasteiger partial charge in [0.25, 0.3) is 0 Å². The Morgan fingerprint density at radius 3 is 2.53 bits per heavy atom. The van der Waals surface area contributed by atoms with E-state index in [1.54, 1.807) is 27.5 Å². The predicted molar refractivity (Wildman–Crippen MR) is 119 cm³/mol. The fourth-order valence-corrected chi connectivity index (χ4v) is 3.19. The van der Waals surface area contributed by atoms with E-state index < -0.39 is 0 Å². The molecule has 0 spiro atoms. The topological polar surface area (TPSA) is 72.7 Å². The molecule has 7 nitrogen and oxygen atoms in total. The van der Waals surface area contributed by atoms with Gasteiger partial charge in [-0.1, -0.05) is 30.3 Å². The van der Waals surface area contributed by atoms with E-state index in [0.29, 0.717) is 6.54 Å². The quantitative estimate of drug-likeness (QED) is 0.422. The van der Waals surface area contributed by atoms with Gasteiger partial charge in [0.1, 0.15) is 0 Å². The Bertz CT molecular complexity index is 954. The molecule has 3 aromatic rings. The third-order valence-corrected chi connectivity index (χ3v) is 4.73. The van der Waals surface area contributed by atoms with Crippen molar-refractivity contribution in [1.29, 1.82) is 0 Å². The molecule has 0 radical (unpaired) electrons. The number of hydrogen-bond acceptors (Lipinski definition) is 4. The van der Waals surface area contributed by atoms with Gasteiger partial charge in [-0.25, -0.2) is 0 Å². The second-order valence-corrected chi connectivity index (χ2v) is 6.82. The van der Waals surface area contributed by atoms with Crippen molar-refractivity contribution in [3.63, 3.8) is 0 Å². The summed E-state index contributed by atoms with van der Waals surface area (Å²) in [6, 6.07) is 16.4. The summed E-state index contributed by atoms with van der Waals surface area (Å²) in [6.07, 6.45) is 4.61. The lowest BCUT2D eigenvalue weighted by Gasteiger charge is -2.13. The molecule has 0 fully saturated rings. The third-order valence-electron chi connectivity index (χ3n) is 4.73. The molecule has 2 aromatic carbocycles. The standard InChI is InChI=1S/C23H29N5O2/c1-24-23(25-12-10-18-8-9-21(29-2)22(15-18)30-3)26-16-19-6-4-7-20(14-19)17-28-13-5-11-27-28/h4-9,11,13-15H,10,12,16-17H2,1-3H3,(H2,24,25,26). The van der Waals surface area contributed by atoms with Gasteiger partial charge in [-0.2, -0.15) is 5.10 Å². The molecule has 158 valence electrons. The number of methoxy groups -OCH3 is 2. The fraction of sp³-hybridized carbons (Fsp3) is 0.304. The minimum Gasteiger partial charge on any atom is -0.493 e. The minimum absolute atomic E-state index is 0.697. The van der Waals surface area contributed by atoms with Crippen LogP contribution in [-0.4, -0.2) is 43.6 Å². The van der Waals surface area contributed by atoms with Crippen LogP contribution >= 0.6 is 0 Å². The van der Waals surface area contributed by atoms with Crippen LogP contribution in [0.1, 0.15) is 16.7 Å². The van der Waals surface area contributed by atoms with Crippen molar-refractivity contribution >= 4 is 5.96 Å². The maximum Gasteiger partial charge on any atom is 0.191 e. The first-order valence-electron chi connectivity index (χ1n) is 9.92. The van der Waals surface area contributed by atoms with Crippen molar-refractivity contribution in [1.82, 2.24) is 20.4 Å². The molecule has 0 aliphatic rings. The highest BCUT2D eigenvalue weighted by Crippen LogP contribution is 2.27. The largest absolute Gasteiger partial charge is 0.493 e. The number of nitrogens with one attached hydrogen (secondary N) is 2. The van der Waals surface area contributed by atoms with Crippen LogP contribution in [0, 0.1) is 0 Å². The Hall–Kier alpha value is -3.48. The molecule has 1 aromatic heterocycles. The van der Waals surface area contributed by atoms with Crippen LogP contribution < -0.4 is 20.1 Å². The lowest BCUT2D eigenvalue weighted by molar-refractivity contribution is 0.354. The Kier molecular flexibility index (Phi) is 7.71. The zero-order chi connectivity index (χ0) is 21.2. The van der Waals surface area contributed by atoms with E-state index in [2.05, 4.69) is 45.0 Å². The van der Waals surface area contributed by atoms with Gasteiger partial charge in [0.05, 0.1) is 20.8 Å². The molecule has 1 heterocycles. The van der Waals surface area contributed by atoms with Crippen molar-refractivity contribution in [3.05, 3.63) is 77.6 Å². The normalized spacial score (nSPS) is 11.2. The molecule has 0 atom stereocenters. The molecule has 0 saturated heterocycles. The van der Waals surface area contributed by atoms with Crippen LogP contribution in [0.15, 0.2) is 65.9 Å². The number of benzene rings is 2. The van der Waals surface area contributed by atoms with Gasteiger partial charge in [0.15, 0.2) is 17.5 Å². The molecule has 0 unspecified atom stereocenters. The van der Waals surface area contributed by atoms with Gasteiger partial charge < -0.3 is 20.1 Å². The molecule has 0 saturated carbocycles. The summed E-state index contributed by atoms with van der Waals surface area (Å²) in [4.78, 5) is 4.31. The lowest BCUT2D eigenvalue weighted by atomic mass is 10.1. The monoisotopic (exact) mass is 407 g/mol. The number of rotatable bonds is 9. The summed E-state index contributed by atoms with van der Waals surface area (Å²) in [6.45, 7) is 2.22. The van der Waals surface area contributed by atoms with Crippen molar-refractivity contribution in [3.8, 4) is 11.5 Å². The number of aliphatic imine (C=N–C) groups is 1. The molecule has 2 N–H and O–H groups in total. The Morgan fingerprint density at radius 1 is 0.967 bits per heavy atom. The minimum atomic E-state index is 0.697. The van der Waals surface area contributed by atoms with E-state index in [4.69, 9.17) is 9.47 Å². The summed E-state index contributed by atoms with van der Waals surface area (Å²) in [5.41, 5.74) is 3.58. The molecule has 3 rings (SSSR count). The van der Waals surface area contributed by atoms with E-state index in [1.807, 2.05) is 35.1 Å². The predicted octanol–water partition coefficient (Wildman–Crippen LogP) is 2.86. The Labute approximate surface area is 177 Å². The zero-order valence-electron chi connectivity index (χ0n) is 17.8. The van der Waals surface area contributed by atoms with Crippen molar-refractivity contribution in [2.45, 2.75) is 19.5 Å². The smallest absolute Gasteiger partial charge is 0.191 e. The fourth-order valence-electron chi connectivity index (χ4n) is 3.19. The molecule has 0 aliphatic carbocycles. The average Bonchev–Trinajstić information content (AvgIpc) is 3.29. The molecule has 0 bridgehead atoms. The maximum absolute atomic E-state index is 5.37. The summed E-state index contributed by atoms with van der Waals surface area (Å²) >= 11 is 0. The van der Waals surface area contributed by atoms with Crippen molar-refractivity contribution in [2.75, 3.05) is 27.8 Å². The molecule has 0 aliphatic heterocycles. The van der Waals surface area contributed by atoms with E-state index in [1.165, 1.54) is 16.7 Å². The van der Waals surface area contributed by atoms with Crippen LogP contribution in [-0.2, 0) is 19.5 Å². The van der Waals surface area contributed by atoms with Crippen LogP contribution in [0.25, 0.3) is 0 Å². The molecule has 30 heavy (non-hydrogen) atoms. The molecule has 0 amide bonds. The molecular weight excluding hydrogens is 378 g/mol. The number of ether oxygens (including phenoxy) is 2. The number of aromatic nitrogens is 2. The SMILES string of the molecule is CN=C(NCCc1ccc(OC)c(OC)c1)NCc1cccc(Cn2cccn2)c1. The average molecular weight is 408 g/mol. The van der Waals surface area contributed by atoms with Crippen molar-refractivity contribution < 1.29 is 9.47 Å². The number of hydrogen-bond donors (Lipinski definition) is 2. The summed E-state index contributed by atoms with van der Waals surface area (Å²) in [5.74, 6) is 2.25. The highest BCUT2D eigenvalue weighted by Gasteiger charge is 2.05. The van der Waals surface area contributed by atoms with Gasteiger partial charge in [-0.05, 0) is 41.3 Å². The van der Waals surface area contributed by atoms with Crippen LogP contribution in [0.2, 0.25) is 0 Å². The van der Waals surface area contributed by atoms with Gasteiger partial charge >= 0.3 is 0 Å². The first-order valence-corrected chi connectivity index (χ1v) is 9.92. The second-order valence-electron chi connectivity index (χ2n) is 6.82. The third kappa shape index (κ3) is 6.01. The number of guanidine groups is 1. The zero-order valence-corrected chi connectivity index (χ0v) is 17.8. The lowest BCUT2D eigenvalue weighted by Crippen LogP contribution is -2.37. The summed E-state index contributed by atoms with van der Waals surface area (Å²) < 4.78 is 12.6. The van der Waals surface area contributed by atoms with Gasteiger partial charge in [-0.3, -0.25) is 9.67 Å². The molecule has 7 heteroatoms. The van der Waals surface area contributed by atoms with Crippen LogP contribution in [0.5, 0.6) is 11.5 Å². The van der Waals surface area contributed by atoms with E-state index in [9.17, 15) is 0 Å². The first kappa shape index (κ1) is 21.2. The van der Waals surface area contributed by atoms with Crippen LogP contribution in [0.3, 0.4) is 0 Å².